The van der Waals surface area contributed by atoms with Crippen molar-refractivity contribution in [3.63, 3.8) is 0 Å². The van der Waals surface area contributed by atoms with Crippen molar-refractivity contribution in [3.05, 3.63) is 67.9 Å². The fourth-order valence-electron chi connectivity index (χ4n) is 3.40. The first-order valence-corrected chi connectivity index (χ1v) is 12.5. The number of hydrogen-bond acceptors (Lipinski definition) is 6. The van der Waals surface area contributed by atoms with Gasteiger partial charge in [0.05, 0.1) is 18.1 Å². The molecule has 1 fully saturated rings. The van der Waals surface area contributed by atoms with E-state index in [4.69, 9.17) is 9.47 Å². The second kappa shape index (κ2) is 10.2. The Hall–Kier alpha value is -2.49. The summed E-state index contributed by atoms with van der Waals surface area (Å²) in [6.07, 6.45) is 1.49. The van der Waals surface area contributed by atoms with Crippen molar-refractivity contribution in [1.82, 2.24) is 4.90 Å². The standard InChI is InChI=1S/C24H19Br2NO5S/c1-2-31-19-13-17(25)21(26)16(22(19)28)12-20-23(29)27(24(30)33-20)10-11-32-18-9-5-7-14-6-3-4-8-15(14)18/h3-9,12-13,28H,2,10-11H2,1H3/b20-12-. The molecule has 0 unspecified atom stereocenters. The summed E-state index contributed by atoms with van der Waals surface area (Å²) in [5.74, 6) is 0.428. The Morgan fingerprint density at radius 3 is 2.61 bits per heavy atom. The molecule has 0 saturated carbocycles. The molecule has 9 heteroatoms. The summed E-state index contributed by atoms with van der Waals surface area (Å²) >= 11 is 7.65. The number of carbonyl (C=O) groups is 2. The zero-order valence-corrected chi connectivity index (χ0v) is 21.5. The van der Waals surface area contributed by atoms with Gasteiger partial charge in [0.1, 0.15) is 12.4 Å². The predicted molar refractivity (Wildman–Crippen MR) is 137 cm³/mol. The maximum absolute atomic E-state index is 12.9. The second-order valence-corrected chi connectivity index (χ2v) is 9.67. The molecule has 3 aromatic carbocycles. The SMILES string of the molecule is CCOc1cc(Br)c(Br)c(/C=C2\SC(=O)N(CCOc3cccc4ccccc34)C2=O)c1O. The van der Waals surface area contributed by atoms with Crippen LogP contribution in [-0.4, -0.2) is 40.9 Å². The van der Waals surface area contributed by atoms with Crippen LogP contribution in [0.25, 0.3) is 16.8 Å². The number of phenolic OH excluding ortho intramolecular Hbond substituents is 1. The Bertz CT molecular complexity index is 1270. The zero-order valence-electron chi connectivity index (χ0n) is 17.5. The highest BCUT2D eigenvalue weighted by Gasteiger charge is 2.35. The molecule has 0 atom stereocenters. The van der Waals surface area contributed by atoms with Crippen LogP contribution >= 0.6 is 43.6 Å². The van der Waals surface area contributed by atoms with Crippen molar-refractivity contribution < 1.29 is 24.2 Å². The van der Waals surface area contributed by atoms with Crippen LogP contribution in [0.3, 0.4) is 0 Å². The van der Waals surface area contributed by atoms with Crippen LogP contribution in [0.1, 0.15) is 12.5 Å². The van der Waals surface area contributed by atoms with E-state index in [9.17, 15) is 14.7 Å². The third-order valence-corrected chi connectivity index (χ3v) is 7.88. The Balaban J connectivity index is 1.51. The molecule has 0 radical (unpaired) electrons. The molecule has 1 aliphatic rings. The molecule has 0 aliphatic carbocycles. The summed E-state index contributed by atoms with van der Waals surface area (Å²) < 4.78 is 12.5. The molecule has 170 valence electrons. The number of benzene rings is 3. The summed E-state index contributed by atoms with van der Waals surface area (Å²) in [4.78, 5) is 26.8. The van der Waals surface area contributed by atoms with E-state index >= 15 is 0 Å². The van der Waals surface area contributed by atoms with Crippen molar-refractivity contribution in [3.8, 4) is 17.2 Å². The van der Waals surface area contributed by atoms with Crippen LogP contribution in [0.4, 0.5) is 4.79 Å². The average Bonchev–Trinajstić information content (AvgIpc) is 3.08. The number of nitrogens with zero attached hydrogens (tertiary/aromatic N) is 1. The first kappa shape index (κ1) is 23.7. The number of rotatable bonds is 7. The number of imide groups is 1. The normalized spacial score (nSPS) is 15.0. The number of amides is 2. The minimum Gasteiger partial charge on any atom is -0.504 e. The van der Waals surface area contributed by atoms with E-state index in [1.165, 1.54) is 6.08 Å². The van der Waals surface area contributed by atoms with E-state index < -0.39 is 5.91 Å². The number of hydrogen-bond donors (Lipinski definition) is 1. The lowest BCUT2D eigenvalue weighted by atomic mass is 10.1. The van der Waals surface area contributed by atoms with Gasteiger partial charge < -0.3 is 14.6 Å². The molecule has 0 bridgehead atoms. The van der Waals surface area contributed by atoms with E-state index in [0.717, 1.165) is 27.4 Å². The van der Waals surface area contributed by atoms with Crippen molar-refractivity contribution in [2.24, 2.45) is 0 Å². The number of aromatic hydroxyl groups is 1. The van der Waals surface area contributed by atoms with Gasteiger partial charge in [-0.1, -0.05) is 36.4 Å². The largest absolute Gasteiger partial charge is 0.504 e. The number of phenols is 1. The van der Waals surface area contributed by atoms with E-state index in [1.54, 1.807) is 13.0 Å². The Labute approximate surface area is 211 Å². The van der Waals surface area contributed by atoms with Gasteiger partial charge in [0.25, 0.3) is 11.1 Å². The van der Waals surface area contributed by atoms with E-state index in [2.05, 4.69) is 31.9 Å². The Morgan fingerprint density at radius 1 is 1.06 bits per heavy atom. The molecule has 33 heavy (non-hydrogen) atoms. The molecular weight excluding hydrogens is 574 g/mol. The lowest BCUT2D eigenvalue weighted by Crippen LogP contribution is -2.32. The van der Waals surface area contributed by atoms with Crippen LogP contribution in [0.5, 0.6) is 17.2 Å². The molecule has 3 aromatic rings. The predicted octanol–water partition coefficient (Wildman–Crippen LogP) is 6.58. The molecular formula is C24H19Br2NO5S. The monoisotopic (exact) mass is 591 g/mol. The van der Waals surface area contributed by atoms with Crippen molar-refractivity contribution in [2.75, 3.05) is 19.8 Å². The minimum atomic E-state index is -0.434. The topological polar surface area (TPSA) is 76.1 Å². The number of carbonyl (C=O) groups excluding carboxylic acids is 2. The summed E-state index contributed by atoms with van der Waals surface area (Å²) in [5.41, 5.74) is 0.352. The second-order valence-electron chi connectivity index (χ2n) is 7.02. The van der Waals surface area contributed by atoms with Crippen LogP contribution in [0.15, 0.2) is 62.4 Å². The van der Waals surface area contributed by atoms with Crippen LogP contribution < -0.4 is 9.47 Å². The van der Waals surface area contributed by atoms with Crippen LogP contribution in [0.2, 0.25) is 0 Å². The summed E-state index contributed by atoms with van der Waals surface area (Å²) in [6, 6.07) is 15.2. The molecule has 6 nitrogen and oxygen atoms in total. The minimum absolute atomic E-state index is 0.112. The first-order valence-electron chi connectivity index (χ1n) is 10.1. The van der Waals surface area contributed by atoms with Crippen LogP contribution in [-0.2, 0) is 4.79 Å². The average molecular weight is 593 g/mol. The molecule has 1 N–H and O–H groups in total. The highest BCUT2D eigenvalue weighted by Crippen LogP contribution is 2.43. The zero-order chi connectivity index (χ0) is 23.5. The molecule has 1 aliphatic heterocycles. The maximum Gasteiger partial charge on any atom is 0.293 e. The van der Waals surface area contributed by atoms with Crippen LogP contribution in [0, 0.1) is 0 Å². The van der Waals surface area contributed by atoms with Gasteiger partial charge in [-0.2, -0.15) is 0 Å². The highest BCUT2D eigenvalue weighted by molar-refractivity contribution is 9.13. The third-order valence-electron chi connectivity index (χ3n) is 4.96. The van der Waals surface area contributed by atoms with E-state index in [1.807, 2.05) is 42.5 Å². The fraction of sp³-hybridized carbons (Fsp3) is 0.167. The molecule has 0 spiro atoms. The van der Waals surface area contributed by atoms with Crippen molar-refractivity contribution in [2.45, 2.75) is 6.92 Å². The summed E-state index contributed by atoms with van der Waals surface area (Å²) in [6.45, 7) is 2.45. The Morgan fingerprint density at radius 2 is 1.82 bits per heavy atom. The summed E-state index contributed by atoms with van der Waals surface area (Å²) in [5, 5.41) is 12.2. The van der Waals surface area contributed by atoms with Gasteiger partial charge in [-0.05, 0) is 74.1 Å². The van der Waals surface area contributed by atoms with Gasteiger partial charge in [-0.3, -0.25) is 14.5 Å². The van der Waals surface area contributed by atoms with Gasteiger partial charge in [-0.15, -0.1) is 0 Å². The lowest BCUT2D eigenvalue weighted by molar-refractivity contribution is -0.123. The van der Waals surface area contributed by atoms with Gasteiger partial charge in [-0.25, -0.2) is 0 Å². The van der Waals surface area contributed by atoms with Gasteiger partial charge in [0, 0.05) is 19.9 Å². The number of ether oxygens (including phenoxy) is 2. The molecule has 0 aromatic heterocycles. The number of halogens is 2. The van der Waals surface area contributed by atoms with E-state index in [0.29, 0.717) is 26.9 Å². The number of thioether (sulfide) groups is 1. The quantitative estimate of drug-likeness (QED) is 0.312. The maximum atomic E-state index is 12.9. The van der Waals surface area contributed by atoms with Crippen molar-refractivity contribution >= 4 is 71.6 Å². The lowest BCUT2D eigenvalue weighted by Gasteiger charge is -2.14. The molecule has 4 rings (SSSR count). The van der Waals surface area contributed by atoms with Gasteiger partial charge in [0.15, 0.2) is 11.5 Å². The molecule has 1 saturated heterocycles. The Kier molecular flexibility index (Phi) is 7.31. The van der Waals surface area contributed by atoms with Gasteiger partial charge >= 0.3 is 0 Å². The molecule has 2 amide bonds. The first-order chi connectivity index (χ1) is 15.9. The fourth-order valence-corrected chi connectivity index (χ4v) is 5.09. The van der Waals surface area contributed by atoms with Crippen molar-refractivity contribution in [1.29, 1.82) is 0 Å². The highest BCUT2D eigenvalue weighted by atomic mass is 79.9. The smallest absolute Gasteiger partial charge is 0.293 e. The number of fused-ring (bicyclic) bond motifs is 1. The summed E-state index contributed by atoms with van der Waals surface area (Å²) in [7, 11) is 0. The van der Waals surface area contributed by atoms with E-state index in [-0.39, 0.29) is 34.8 Å². The van der Waals surface area contributed by atoms with Gasteiger partial charge in [0.2, 0.25) is 0 Å². The molecule has 1 heterocycles. The third kappa shape index (κ3) is 4.90.